The van der Waals surface area contributed by atoms with Crippen LogP contribution in [0.2, 0.25) is 0 Å². The van der Waals surface area contributed by atoms with Crippen LogP contribution >= 0.6 is 0 Å². The molecule has 5 nitrogen and oxygen atoms in total. The minimum atomic E-state index is -0.976. The Bertz CT molecular complexity index is 1780. The lowest BCUT2D eigenvalue weighted by Gasteiger charge is -2.23. The van der Waals surface area contributed by atoms with Gasteiger partial charge in [-0.05, 0) is 81.1 Å². The summed E-state index contributed by atoms with van der Waals surface area (Å²) in [6.45, 7) is 0.760. The van der Waals surface area contributed by atoms with Gasteiger partial charge in [0.05, 0.1) is 6.61 Å². The van der Waals surface area contributed by atoms with Crippen molar-refractivity contribution in [2.75, 3.05) is 20.3 Å². The van der Waals surface area contributed by atoms with Gasteiger partial charge in [-0.1, -0.05) is 115 Å². The summed E-state index contributed by atoms with van der Waals surface area (Å²) in [6.07, 6.45) is 5.52. The molecule has 0 heterocycles. The highest BCUT2D eigenvalue weighted by Gasteiger charge is 2.24. The number of ether oxygens (including phenoxy) is 3. The summed E-state index contributed by atoms with van der Waals surface area (Å²) in [5.74, 6) is -0.273. The Morgan fingerprint density at radius 1 is 0.717 bits per heavy atom. The first-order chi connectivity index (χ1) is 22.6. The van der Waals surface area contributed by atoms with Gasteiger partial charge in [-0.3, -0.25) is 0 Å². The fraction of sp³-hybridized carbons (Fsp3) is 0.195. The van der Waals surface area contributed by atoms with Gasteiger partial charge in [-0.2, -0.15) is 0 Å². The summed E-state index contributed by atoms with van der Waals surface area (Å²) < 4.78 is 17.8. The number of methoxy groups -OCH3 is 1. The Balaban J connectivity index is 1.22. The molecule has 5 aromatic rings. The van der Waals surface area contributed by atoms with Gasteiger partial charge in [0.2, 0.25) is 0 Å². The third kappa shape index (κ3) is 7.45. The van der Waals surface area contributed by atoms with Gasteiger partial charge in [0.25, 0.3) is 0 Å². The number of carboxylic acids is 1. The van der Waals surface area contributed by atoms with Gasteiger partial charge in [-0.25, -0.2) is 4.79 Å². The van der Waals surface area contributed by atoms with Crippen LogP contribution in [0.5, 0.6) is 5.75 Å². The molecule has 5 heteroatoms. The van der Waals surface area contributed by atoms with Crippen LogP contribution in [0.25, 0.3) is 23.3 Å². The van der Waals surface area contributed by atoms with E-state index in [0.29, 0.717) is 25.4 Å². The lowest BCUT2D eigenvalue weighted by atomic mass is 9.90. The number of aryl methyl sites for hydroxylation is 2. The molecule has 6 rings (SSSR count). The molecule has 0 aliphatic heterocycles. The van der Waals surface area contributed by atoms with Crippen LogP contribution in [-0.4, -0.2) is 37.5 Å². The van der Waals surface area contributed by atoms with E-state index >= 15 is 0 Å². The normalized spacial score (nSPS) is 14.2. The molecule has 1 N–H and O–H groups in total. The highest BCUT2D eigenvalue weighted by atomic mass is 16.5. The second-order valence-corrected chi connectivity index (χ2v) is 11.5. The van der Waals surface area contributed by atoms with Crippen molar-refractivity contribution in [2.24, 2.45) is 0 Å². The summed E-state index contributed by atoms with van der Waals surface area (Å²) in [4.78, 5) is 11.3. The number of rotatable bonds is 13. The number of carbonyl (C=O) groups is 1. The van der Waals surface area contributed by atoms with E-state index in [9.17, 15) is 9.90 Å². The Hall–Kier alpha value is -4.97. The zero-order chi connectivity index (χ0) is 31.7. The molecule has 5 aromatic carbocycles. The summed E-state index contributed by atoms with van der Waals surface area (Å²) >= 11 is 0. The van der Waals surface area contributed by atoms with Crippen molar-refractivity contribution in [1.82, 2.24) is 0 Å². The molecule has 0 spiro atoms. The Morgan fingerprint density at radius 2 is 1.48 bits per heavy atom. The molecule has 0 fully saturated rings. The molecular formula is C41H38O5. The molecule has 0 aromatic heterocycles. The predicted molar refractivity (Wildman–Crippen MR) is 183 cm³/mol. The van der Waals surface area contributed by atoms with E-state index < -0.39 is 12.1 Å². The summed E-state index contributed by atoms with van der Waals surface area (Å²) in [6, 6.07) is 41.7. The molecule has 1 aliphatic rings. The fourth-order valence-electron chi connectivity index (χ4n) is 6.02. The minimum Gasteiger partial charge on any atom is -0.491 e. The van der Waals surface area contributed by atoms with Gasteiger partial charge < -0.3 is 19.3 Å². The van der Waals surface area contributed by atoms with E-state index in [0.717, 1.165) is 40.7 Å². The summed E-state index contributed by atoms with van der Waals surface area (Å²) in [5, 5.41) is 9.27. The standard InChI is InChI=1S/C41H38O5/c1-44-39(41(42)43)27-30-16-22-35(23-17-30)45-25-26-46-40-37-14-8-13-32(18-15-29-9-4-2-5-10-29)36(37)24-21-33-19-20-34(28-38(33)40)31-11-6-3-7-12-31/h2-14,16-17,19-24,28,39-40H,15,18,25-27H2,1H3,(H,42,43). The first-order valence-electron chi connectivity index (χ1n) is 15.7. The smallest absolute Gasteiger partial charge is 0.333 e. The fourth-order valence-corrected chi connectivity index (χ4v) is 6.02. The number of hydrogen-bond acceptors (Lipinski definition) is 4. The highest BCUT2D eigenvalue weighted by molar-refractivity contribution is 5.79. The van der Waals surface area contributed by atoms with Crippen molar-refractivity contribution in [3.8, 4) is 16.9 Å². The zero-order valence-corrected chi connectivity index (χ0v) is 26.0. The molecule has 1 aliphatic carbocycles. The Morgan fingerprint density at radius 3 is 2.22 bits per heavy atom. The van der Waals surface area contributed by atoms with Crippen LogP contribution in [0.15, 0.2) is 121 Å². The van der Waals surface area contributed by atoms with Crippen LogP contribution in [-0.2, 0) is 33.5 Å². The summed E-state index contributed by atoms with van der Waals surface area (Å²) in [7, 11) is 1.41. The average Bonchev–Trinajstić information content (AvgIpc) is 3.26. The van der Waals surface area contributed by atoms with Crippen molar-refractivity contribution in [3.05, 3.63) is 160 Å². The lowest BCUT2D eigenvalue weighted by molar-refractivity contribution is -0.148. The lowest BCUT2D eigenvalue weighted by Crippen LogP contribution is -2.24. The van der Waals surface area contributed by atoms with Crippen LogP contribution in [0.1, 0.15) is 45.0 Å². The molecule has 0 saturated heterocycles. The number of aliphatic carboxylic acids is 1. The van der Waals surface area contributed by atoms with Crippen LogP contribution in [0.3, 0.4) is 0 Å². The van der Waals surface area contributed by atoms with Crippen molar-refractivity contribution >= 4 is 18.1 Å². The van der Waals surface area contributed by atoms with Crippen LogP contribution in [0, 0.1) is 0 Å². The van der Waals surface area contributed by atoms with Crippen molar-refractivity contribution in [1.29, 1.82) is 0 Å². The molecule has 2 unspecified atom stereocenters. The molecule has 0 bridgehead atoms. The van der Waals surface area contributed by atoms with E-state index in [1.807, 2.05) is 30.3 Å². The van der Waals surface area contributed by atoms with Crippen molar-refractivity contribution in [3.63, 3.8) is 0 Å². The third-order valence-corrected chi connectivity index (χ3v) is 8.49. The van der Waals surface area contributed by atoms with Gasteiger partial charge >= 0.3 is 5.97 Å². The van der Waals surface area contributed by atoms with Crippen LogP contribution < -0.4 is 4.74 Å². The molecule has 0 saturated carbocycles. The van der Waals surface area contributed by atoms with E-state index in [-0.39, 0.29) is 6.10 Å². The molecule has 2 atom stereocenters. The maximum atomic E-state index is 11.3. The topological polar surface area (TPSA) is 65.0 Å². The van der Waals surface area contributed by atoms with Crippen molar-refractivity contribution < 1.29 is 24.1 Å². The van der Waals surface area contributed by atoms with Gasteiger partial charge in [-0.15, -0.1) is 0 Å². The summed E-state index contributed by atoms with van der Waals surface area (Å²) in [5.41, 5.74) is 10.5. The van der Waals surface area contributed by atoms with E-state index in [1.165, 1.54) is 29.4 Å². The van der Waals surface area contributed by atoms with Crippen LogP contribution in [0.4, 0.5) is 0 Å². The van der Waals surface area contributed by atoms with Gasteiger partial charge in [0.15, 0.2) is 6.10 Å². The monoisotopic (exact) mass is 610 g/mol. The van der Waals surface area contributed by atoms with E-state index in [4.69, 9.17) is 14.2 Å². The molecule has 46 heavy (non-hydrogen) atoms. The second kappa shape index (κ2) is 14.9. The van der Waals surface area contributed by atoms with Gasteiger partial charge in [0.1, 0.15) is 18.5 Å². The first kappa shape index (κ1) is 31.0. The SMILES string of the molecule is COC(Cc1ccc(OCCOC2c3cc(-c4ccccc4)ccc3C=Cc3c(CCc4ccccc4)cccc32)cc1)C(=O)O. The average molecular weight is 611 g/mol. The van der Waals surface area contributed by atoms with Crippen molar-refractivity contribution in [2.45, 2.75) is 31.5 Å². The largest absolute Gasteiger partial charge is 0.491 e. The number of benzene rings is 5. The Kier molecular flexibility index (Phi) is 10.0. The first-order valence-corrected chi connectivity index (χ1v) is 15.7. The predicted octanol–water partition coefficient (Wildman–Crippen LogP) is 8.45. The number of hydrogen-bond donors (Lipinski definition) is 1. The molecule has 0 radical (unpaired) electrons. The molecule has 0 amide bonds. The minimum absolute atomic E-state index is 0.270. The zero-order valence-electron chi connectivity index (χ0n) is 26.0. The van der Waals surface area contributed by atoms with Gasteiger partial charge in [0, 0.05) is 13.5 Å². The third-order valence-electron chi connectivity index (χ3n) is 8.49. The Labute approximate surface area is 270 Å². The number of fused-ring (bicyclic) bond motifs is 2. The quantitative estimate of drug-likeness (QED) is 0.136. The maximum absolute atomic E-state index is 11.3. The van der Waals surface area contributed by atoms with E-state index in [1.54, 1.807) is 0 Å². The highest BCUT2D eigenvalue weighted by Crippen LogP contribution is 2.39. The van der Waals surface area contributed by atoms with E-state index in [2.05, 4.69) is 103 Å². The second-order valence-electron chi connectivity index (χ2n) is 11.5. The molecule has 232 valence electrons. The number of carboxylic acid groups (broad SMARTS) is 1. The maximum Gasteiger partial charge on any atom is 0.333 e. The molecular weight excluding hydrogens is 572 g/mol.